The van der Waals surface area contributed by atoms with Crippen molar-refractivity contribution in [3.63, 3.8) is 0 Å². The van der Waals surface area contributed by atoms with Gasteiger partial charge in [0.15, 0.2) is 0 Å². The Labute approximate surface area is 110 Å². The Hall–Kier alpha value is -1.76. The topological polar surface area (TPSA) is 88.2 Å². The molecule has 3 N–H and O–H groups in total. The highest BCUT2D eigenvalue weighted by atomic mass is 32.1. The van der Waals surface area contributed by atoms with Gasteiger partial charge >= 0.3 is 0 Å². The predicted molar refractivity (Wildman–Crippen MR) is 70.4 cm³/mol. The van der Waals surface area contributed by atoms with Crippen LogP contribution in [0.3, 0.4) is 0 Å². The van der Waals surface area contributed by atoms with Crippen LogP contribution >= 0.6 is 11.3 Å². The molecule has 1 rings (SSSR count). The zero-order valence-corrected chi connectivity index (χ0v) is 11.4. The van der Waals surface area contributed by atoms with Crippen LogP contribution in [-0.2, 0) is 0 Å². The molecular weight excluding hydrogens is 254 g/mol. The van der Waals surface area contributed by atoms with Crippen LogP contribution in [0.25, 0.3) is 0 Å². The Balaban J connectivity index is 2.66. The molecule has 0 fully saturated rings. The molecule has 0 radical (unpaired) electrons. The van der Waals surface area contributed by atoms with Crippen LogP contribution in [0.1, 0.15) is 16.6 Å². The minimum atomic E-state index is -0.203. The first-order valence-corrected chi connectivity index (χ1v) is 6.23. The number of thiophene rings is 1. The summed E-state index contributed by atoms with van der Waals surface area (Å²) >= 11 is 1.32. The number of carbonyl (C=O) groups is 1. The van der Waals surface area contributed by atoms with Crippen molar-refractivity contribution in [2.45, 2.75) is 6.92 Å². The van der Waals surface area contributed by atoms with Gasteiger partial charge in [0.2, 0.25) is 0 Å². The molecule has 0 saturated carbocycles. The fourth-order valence-electron chi connectivity index (χ4n) is 1.41. The van der Waals surface area contributed by atoms with Crippen LogP contribution in [0.5, 0.6) is 5.75 Å². The molecule has 1 amide bonds. The number of hydrogen-bond acceptors (Lipinski definition) is 5. The average Bonchev–Trinajstić information content (AvgIpc) is 2.85. The van der Waals surface area contributed by atoms with Gasteiger partial charge in [0.1, 0.15) is 11.6 Å². The molecule has 1 atom stereocenters. The van der Waals surface area contributed by atoms with Crippen molar-refractivity contribution in [3.05, 3.63) is 16.3 Å². The summed E-state index contributed by atoms with van der Waals surface area (Å²) in [7, 11) is 3.23. The first-order chi connectivity index (χ1) is 8.49. The van der Waals surface area contributed by atoms with Gasteiger partial charge in [-0.05, 0) is 0 Å². The van der Waals surface area contributed by atoms with Crippen molar-refractivity contribution in [2.24, 2.45) is 16.8 Å². The Morgan fingerprint density at radius 1 is 1.72 bits per heavy atom. The van der Waals surface area contributed by atoms with Crippen LogP contribution < -0.4 is 10.5 Å². The van der Waals surface area contributed by atoms with Gasteiger partial charge in [0.05, 0.1) is 12.0 Å². The monoisotopic (exact) mass is 271 g/mol. The van der Waals surface area contributed by atoms with E-state index in [1.165, 1.54) is 16.2 Å². The SMILES string of the molecule is COc1csc(C(=O)N(C)CC(C)C(N)=NO)c1. The van der Waals surface area contributed by atoms with Gasteiger partial charge in [0.25, 0.3) is 5.91 Å². The molecule has 18 heavy (non-hydrogen) atoms. The van der Waals surface area contributed by atoms with Crippen LogP contribution in [-0.4, -0.2) is 42.6 Å². The molecule has 1 unspecified atom stereocenters. The second-order valence-electron chi connectivity index (χ2n) is 3.96. The molecule has 6 nitrogen and oxygen atoms in total. The molecule has 0 aliphatic rings. The minimum absolute atomic E-state index is 0.110. The summed E-state index contributed by atoms with van der Waals surface area (Å²) in [6.07, 6.45) is 0. The standard InChI is InChI=1S/C11H17N3O3S/c1-7(10(12)13-16)5-14(2)11(15)9-4-8(17-3)6-18-9/h4,6-7,16H,5H2,1-3H3,(H2,12,13). The first kappa shape index (κ1) is 14.3. The Morgan fingerprint density at radius 3 is 2.89 bits per heavy atom. The Bertz CT molecular complexity index is 444. The fourth-order valence-corrected chi connectivity index (χ4v) is 2.26. The summed E-state index contributed by atoms with van der Waals surface area (Å²) in [5.41, 5.74) is 5.47. The number of ether oxygens (including phenoxy) is 1. The first-order valence-electron chi connectivity index (χ1n) is 5.35. The van der Waals surface area contributed by atoms with Gasteiger partial charge in [-0.15, -0.1) is 11.3 Å². The smallest absolute Gasteiger partial charge is 0.263 e. The molecule has 100 valence electrons. The third-order valence-electron chi connectivity index (χ3n) is 2.54. The largest absolute Gasteiger partial charge is 0.496 e. The van der Waals surface area contributed by atoms with Crippen molar-refractivity contribution < 1.29 is 14.7 Å². The number of amides is 1. The van der Waals surface area contributed by atoms with Crippen LogP contribution in [0.2, 0.25) is 0 Å². The van der Waals surface area contributed by atoms with E-state index in [2.05, 4.69) is 5.16 Å². The lowest BCUT2D eigenvalue weighted by Crippen LogP contribution is -2.36. The number of carbonyl (C=O) groups excluding carboxylic acids is 1. The lowest BCUT2D eigenvalue weighted by molar-refractivity contribution is 0.0790. The lowest BCUT2D eigenvalue weighted by atomic mass is 10.1. The van der Waals surface area contributed by atoms with Gasteiger partial charge in [0, 0.05) is 31.0 Å². The number of amidine groups is 1. The highest BCUT2D eigenvalue weighted by molar-refractivity contribution is 7.12. The van der Waals surface area contributed by atoms with Crippen LogP contribution in [0, 0.1) is 5.92 Å². The number of hydrogen-bond donors (Lipinski definition) is 2. The summed E-state index contributed by atoms with van der Waals surface area (Å²) in [5, 5.41) is 13.3. The van der Waals surface area contributed by atoms with Crippen molar-refractivity contribution in [1.82, 2.24) is 4.90 Å². The van der Waals surface area contributed by atoms with Gasteiger partial charge in [-0.1, -0.05) is 12.1 Å². The predicted octanol–water partition coefficient (Wildman–Crippen LogP) is 1.21. The summed E-state index contributed by atoms with van der Waals surface area (Å²) in [4.78, 5) is 14.2. The maximum absolute atomic E-state index is 12.1. The van der Waals surface area contributed by atoms with Crippen molar-refractivity contribution in [3.8, 4) is 5.75 Å². The van der Waals surface area contributed by atoms with Gasteiger partial charge in [-0.25, -0.2) is 0 Å². The average molecular weight is 271 g/mol. The second-order valence-corrected chi connectivity index (χ2v) is 4.87. The molecule has 0 aromatic carbocycles. The van der Waals surface area contributed by atoms with E-state index in [1.807, 2.05) is 0 Å². The zero-order valence-electron chi connectivity index (χ0n) is 10.6. The van der Waals surface area contributed by atoms with E-state index < -0.39 is 0 Å². The molecule has 0 aliphatic carbocycles. The zero-order chi connectivity index (χ0) is 13.7. The molecule has 0 saturated heterocycles. The van der Waals surface area contributed by atoms with E-state index in [0.717, 1.165) is 0 Å². The maximum atomic E-state index is 12.1. The van der Waals surface area contributed by atoms with E-state index in [4.69, 9.17) is 15.7 Å². The number of oxime groups is 1. The van der Waals surface area contributed by atoms with Gasteiger partial charge < -0.3 is 20.6 Å². The summed E-state index contributed by atoms with van der Waals surface area (Å²) in [6, 6.07) is 1.69. The van der Waals surface area contributed by atoms with Crippen molar-refractivity contribution >= 4 is 23.1 Å². The molecule has 1 aromatic rings. The molecule has 1 heterocycles. The number of nitrogens with zero attached hydrogens (tertiary/aromatic N) is 2. The fraction of sp³-hybridized carbons (Fsp3) is 0.455. The summed E-state index contributed by atoms with van der Waals surface area (Å²) < 4.78 is 5.03. The molecule has 0 aliphatic heterocycles. The highest BCUT2D eigenvalue weighted by Gasteiger charge is 2.18. The third-order valence-corrected chi connectivity index (χ3v) is 3.43. The Kier molecular flexibility index (Phi) is 4.96. The molecular formula is C11H17N3O3S. The molecule has 0 spiro atoms. The summed E-state index contributed by atoms with van der Waals surface area (Å²) in [6.45, 7) is 2.17. The quantitative estimate of drug-likeness (QED) is 0.365. The van der Waals surface area contributed by atoms with E-state index >= 15 is 0 Å². The van der Waals surface area contributed by atoms with E-state index in [0.29, 0.717) is 17.2 Å². The minimum Gasteiger partial charge on any atom is -0.496 e. The maximum Gasteiger partial charge on any atom is 0.263 e. The van der Waals surface area contributed by atoms with E-state index in [9.17, 15) is 4.79 Å². The van der Waals surface area contributed by atoms with E-state index in [-0.39, 0.29) is 17.7 Å². The van der Waals surface area contributed by atoms with Gasteiger partial charge in [-0.2, -0.15) is 0 Å². The molecule has 1 aromatic heterocycles. The van der Waals surface area contributed by atoms with Crippen LogP contribution in [0.4, 0.5) is 0 Å². The Morgan fingerprint density at radius 2 is 2.39 bits per heavy atom. The molecule has 7 heteroatoms. The highest BCUT2D eigenvalue weighted by Crippen LogP contribution is 2.22. The van der Waals surface area contributed by atoms with Crippen molar-refractivity contribution in [1.29, 1.82) is 0 Å². The number of nitrogens with two attached hydrogens (primary N) is 1. The third kappa shape index (κ3) is 3.36. The van der Waals surface area contributed by atoms with Crippen LogP contribution in [0.15, 0.2) is 16.6 Å². The number of methoxy groups -OCH3 is 1. The van der Waals surface area contributed by atoms with E-state index in [1.54, 1.807) is 32.5 Å². The van der Waals surface area contributed by atoms with Gasteiger partial charge in [-0.3, -0.25) is 4.79 Å². The van der Waals surface area contributed by atoms with Crippen molar-refractivity contribution in [2.75, 3.05) is 20.7 Å². The normalized spacial score (nSPS) is 13.2. The second kappa shape index (κ2) is 6.25. The number of rotatable bonds is 5. The molecule has 0 bridgehead atoms. The lowest BCUT2D eigenvalue weighted by Gasteiger charge is -2.20. The summed E-state index contributed by atoms with van der Waals surface area (Å²) in [5.74, 6) is 0.464.